The number of thioether (sulfide) groups is 1. The summed E-state index contributed by atoms with van der Waals surface area (Å²) in [5.41, 5.74) is 3.86. The molecule has 3 rings (SSSR count). The van der Waals surface area contributed by atoms with Crippen LogP contribution in [0, 0.1) is 13.8 Å². The summed E-state index contributed by atoms with van der Waals surface area (Å²) in [5.74, 6) is -0.0757. The molecule has 8 heteroatoms. The van der Waals surface area contributed by atoms with Crippen LogP contribution in [0.1, 0.15) is 22.7 Å². The van der Waals surface area contributed by atoms with Gasteiger partial charge < -0.3 is 19.9 Å². The predicted octanol–water partition coefficient (Wildman–Crippen LogP) is 2.61. The molecule has 27 heavy (non-hydrogen) atoms. The van der Waals surface area contributed by atoms with Crippen LogP contribution in [-0.2, 0) is 16.6 Å². The molecule has 1 aliphatic heterocycles. The first-order chi connectivity index (χ1) is 12.9. The molecule has 142 valence electrons. The molecule has 1 aromatic carbocycles. The zero-order chi connectivity index (χ0) is 19.6. The highest BCUT2D eigenvalue weighted by Crippen LogP contribution is 2.32. The van der Waals surface area contributed by atoms with E-state index in [9.17, 15) is 9.59 Å². The summed E-state index contributed by atoms with van der Waals surface area (Å²) in [6.07, 6.45) is 3.55. The molecule has 2 heterocycles. The van der Waals surface area contributed by atoms with Crippen LogP contribution in [0.2, 0.25) is 0 Å². The second-order valence-corrected chi connectivity index (χ2v) is 7.33. The Morgan fingerprint density at radius 2 is 2.15 bits per heavy atom. The van der Waals surface area contributed by atoms with E-state index in [0.29, 0.717) is 17.0 Å². The Bertz CT molecular complexity index is 919. The van der Waals surface area contributed by atoms with E-state index >= 15 is 0 Å². The van der Waals surface area contributed by atoms with Crippen LogP contribution in [0.4, 0.5) is 4.79 Å². The third kappa shape index (κ3) is 4.00. The molecule has 0 radical (unpaired) electrons. The largest absolute Gasteiger partial charge is 0.466 e. The summed E-state index contributed by atoms with van der Waals surface area (Å²) in [5, 5.41) is 6.42. The van der Waals surface area contributed by atoms with Crippen LogP contribution in [0.3, 0.4) is 0 Å². The second-order valence-electron chi connectivity index (χ2n) is 6.38. The molecule has 1 aromatic heterocycles. The zero-order valence-corrected chi connectivity index (χ0v) is 16.5. The number of benzene rings is 1. The number of aromatic nitrogens is 2. The van der Waals surface area contributed by atoms with Gasteiger partial charge in [-0.05, 0) is 25.0 Å². The van der Waals surface area contributed by atoms with E-state index in [1.54, 1.807) is 6.20 Å². The summed E-state index contributed by atoms with van der Waals surface area (Å²) < 4.78 is 6.90. The molecule has 7 nitrogen and oxygen atoms in total. The average Bonchev–Trinajstić information content (AvgIpc) is 3.05. The van der Waals surface area contributed by atoms with Gasteiger partial charge in [0.2, 0.25) is 0 Å². The Balaban J connectivity index is 2.03. The van der Waals surface area contributed by atoms with Gasteiger partial charge in [-0.15, -0.1) is 0 Å². The Hall–Kier alpha value is -2.74. The monoisotopic (exact) mass is 386 g/mol. The summed E-state index contributed by atoms with van der Waals surface area (Å²) in [6, 6.07) is 5.06. The number of imidazole rings is 1. The predicted molar refractivity (Wildman–Crippen MR) is 103 cm³/mol. The van der Waals surface area contributed by atoms with Gasteiger partial charge in [0.15, 0.2) is 5.16 Å². The van der Waals surface area contributed by atoms with Crippen molar-refractivity contribution in [2.45, 2.75) is 25.0 Å². The highest BCUT2D eigenvalue weighted by atomic mass is 32.2. The summed E-state index contributed by atoms with van der Waals surface area (Å²) in [4.78, 5) is 29.2. The number of methoxy groups -OCH3 is 1. The zero-order valence-electron chi connectivity index (χ0n) is 15.7. The summed E-state index contributed by atoms with van der Waals surface area (Å²) in [6.45, 7) is 3.94. The lowest BCUT2D eigenvalue weighted by molar-refractivity contribution is -0.136. The number of nitrogens with zero attached hydrogens (tertiary/aromatic N) is 2. The number of nitrogens with one attached hydrogen (secondary N) is 2. The Labute approximate surface area is 162 Å². The Morgan fingerprint density at radius 1 is 1.37 bits per heavy atom. The molecular weight excluding hydrogens is 364 g/mol. The summed E-state index contributed by atoms with van der Waals surface area (Å²) in [7, 11) is 3.24. The van der Waals surface area contributed by atoms with E-state index in [0.717, 1.165) is 21.8 Å². The lowest BCUT2D eigenvalue weighted by Crippen LogP contribution is -2.46. The number of carbonyl (C=O) groups is 2. The number of urea groups is 1. The Kier molecular flexibility index (Phi) is 5.55. The first kappa shape index (κ1) is 19.0. The third-order valence-corrected chi connectivity index (χ3v) is 5.51. The highest BCUT2D eigenvalue weighted by molar-refractivity contribution is 7.99. The third-order valence-electron chi connectivity index (χ3n) is 4.43. The molecule has 1 aliphatic rings. The smallest absolute Gasteiger partial charge is 0.338 e. The fourth-order valence-electron chi connectivity index (χ4n) is 3.01. The highest BCUT2D eigenvalue weighted by Gasteiger charge is 2.34. The van der Waals surface area contributed by atoms with Crippen LogP contribution >= 0.6 is 11.8 Å². The summed E-state index contributed by atoms with van der Waals surface area (Å²) >= 11 is 1.44. The molecule has 0 fully saturated rings. The van der Waals surface area contributed by atoms with Crippen LogP contribution in [0.25, 0.3) is 0 Å². The van der Waals surface area contributed by atoms with Crippen molar-refractivity contribution in [3.8, 4) is 0 Å². The molecule has 0 aliphatic carbocycles. The maximum Gasteiger partial charge on any atom is 0.338 e. The maximum absolute atomic E-state index is 12.6. The van der Waals surface area contributed by atoms with Crippen molar-refractivity contribution < 1.29 is 14.3 Å². The van der Waals surface area contributed by atoms with Gasteiger partial charge in [0.25, 0.3) is 0 Å². The quantitative estimate of drug-likeness (QED) is 0.609. The molecule has 2 amide bonds. The molecule has 2 N–H and O–H groups in total. The number of ether oxygens (including phenoxy) is 1. The van der Waals surface area contributed by atoms with E-state index in [2.05, 4.69) is 15.6 Å². The minimum Gasteiger partial charge on any atom is -0.466 e. The number of aryl methyl sites for hydroxylation is 3. The van der Waals surface area contributed by atoms with Crippen molar-refractivity contribution in [3.63, 3.8) is 0 Å². The first-order valence-electron chi connectivity index (χ1n) is 8.47. The first-order valence-corrected chi connectivity index (χ1v) is 9.45. The number of carbonyl (C=O) groups excluding carboxylic acids is 2. The lowest BCUT2D eigenvalue weighted by atomic mass is 9.91. The number of hydrogen-bond acceptors (Lipinski definition) is 5. The number of esters is 1. The molecular formula is C19H22N4O3S. The average molecular weight is 386 g/mol. The minimum atomic E-state index is -0.567. The van der Waals surface area contributed by atoms with Crippen molar-refractivity contribution in [1.82, 2.24) is 20.2 Å². The van der Waals surface area contributed by atoms with E-state index in [4.69, 9.17) is 4.74 Å². The van der Waals surface area contributed by atoms with Crippen molar-refractivity contribution >= 4 is 23.8 Å². The normalized spacial score (nSPS) is 16.7. The van der Waals surface area contributed by atoms with Gasteiger partial charge in [0.1, 0.15) is 0 Å². The molecule has 1 atom stereocenters. The molecule has 0 spiro atoms. The van der Waals surface area contributed by atoms with Gasteiger partial charge in [-0.25, -0.2) is 14.6 Å². The van der Waals surface area contributed by atoms with Gasteiger partial charge in [-0.1, -0.05) is 35.5 Å². The van der Waals surface area contributed by atoms with Crippen LogP contribution in [-0.4, -0.2) is 34.4 Å². The van der Waals surface area contributed by atoms with Crippen molar-refractivity contribution in [3.05, 3.63) is 58.6 Å². The number of amides is 2. The number of rotatable bonds is 5. The van der Waals surface area contributed by atoms with Gasteiger partial charge in [0.05, 0.1) is 18.7 Å². The molecule has 0 bridgehead atoms. The molecule has 0 unspecified atom stereocenters. The van der Waals surface area contributed by atoms with Crippen LogP contribution in [0.15, 0.2) is 47.0 Å². The SMILES string of the molecule is COC(=O)C1=C(CSc2nccn2C)NC(=O)N[C@H]1c1cc(C)ccc1C. The molecule has 0 saturated carbocycles. The van der Waals surface area contributed by atoms with Crippen molar-refractivity contribution in [1.29, 1.82) is 0 Å². The molecule has 2 aromatic rings. The van der Waals surface area contributed by atoms with Crippen molar-refractivity contribution in [2.75, 3.05) is 12.9 Å². The van der Waals surface area contributed by atoms with Gasteiger partial charge >= 0.3 is 12.0 Å². The van der Waals surface area contributed by atoms with Gasteiger partial charge in [-0.2, -0.15) is 0 Å². The standard InChI is InChI=1S/C19H22N4O3S/c1-11-5-6-12(2)13(9-11)16-15(17(24)26-4)14(21-18(25)22-16)10-27-19-20-7-8-23(19)3/h5-9,16H,10H2,1-4H3,(H2,21,22,25)/t16-/m0/s1. The topological polar surface area (TPSA) is 85.2 Å². The minimum absolute atomic E-state index is 0.344. The Morgan fingerprint density at radius 3 is 2.81 bits per heavy atom. The fourth-order valence-corrected chi connectivity index (χ4v) is 3.92. The van der Waals surface area contributed by atoms with Gasteiger partial charge in [0, 0.05) is 30.9 Å². The van der Waals surface area contributed by atoms with Gasteiger partial charge in [-0.3, -0.25) is 0 Å². The van der Waals surface area contributed by atoms with Crippen LogP contribution < -0.4 is 10.6 Å². The fraction of sp³-hybridized carbons (Fsp3) is 0.316. The molecule has 0 saturated heterocycles. The lowest BCUT2D eigenvalue weighted by Gasteiger charge is -2.30. The van der Waals surface area contributed by atoms with E-state index in [1.165, 1.54) is 18.9 Å². The van der Waals surface area contributed by atoms with E-state index in [1.807, 2.05) is 49.9 Å². The van der Waals surface area contributed by atoms with Crippen molar-refractivity contribution in [2.24, 2.45) is 7.05 Å². The maximum atomic E-state index is 12.6. The number of hydrogen-bond donors (Lipinski definition) is 2. The van der Waals surface area contributed by atoms with Crippen LogP contribution in [0.5, 0.6) is 0 Å². The van der Waals surface area contributed by atoms with E-state index in [-0.39, 0.29) is 6.03 Å². The van der Waals surface area contributed by atoms with E-state index < -0.39 is 12.0 Å². The second kappa shape index (κ2) is 7.87.